The van der Waals surface area contributed by atoms with Gasteiger partial charge in [-0.3, -0.25) is 4.79 Å². The fraction of sp³-hybridized carbons (Fsp3) is 0.417. The van der Waals surface area contributed by atoms with Crippen LogP contribution in [0.2, 0.25) is 0 Å². The number of anilines is 1. The van der Waals surface area contributed by atoms with Crippen molar-refractivity contribution in [3.05, 3.63) is 77.9 Å². The van der Waals surface area contributed by atoms with Gasteiger partial charge < -0.3 is 20.2 Å². The molecule has 1 unspecified atom stereocenters. The number of amides is 1. The second-order valence-corrected chi connectivity index (χ2v) is 13.6. The normalized spacial score (nSPS) is 18.1. The van der Waals surface area contributed by atoms with Crippen LogP contribution in [0, 0.1) is 17.3 Å². The van der Waals surface area contributed by atoms with Gasteiger partial charge in [-0.05, 0) is 102 Å². The van der Waals surface area contributed by atoms with E-state index in [2.05, 4.69) is 52.0 Å². The predicted octanol–water partition coefficient (Wildman–Crippen LogP) is 7.64. The average molecular weight is 663 g/mol. The van der Waals surface area contributed by atoms with Crippen LogP contribution in [-0.2, 0) is 15.8 Å². The number of methoxy groups -OCH3 is 1. The molecule has 1 saturated carbocycles. The van der Waals surface area contributed by atoms with E-state index in [1.807, 2.05) is 0 Å². The Bertz CT molecular complexity index is 1660. The number of benzene rings is 3. The number of nitrogens with zero attached hydrogens (tertiary/aromatic N) is 3. The second kappa shape index (κ2) is 14.6. The van der Waals surface area contributed by atoms with Gasteiger partial charge in [0.25, 0.3) is 0 Å². The number of carbonyl (C=O) groups is 2. The number of alkyl halides is 3. The lowest BCUT2D eigenvalue weighted by Gasteiger charge is -2.33. The molecule has 5 rings (SSSR count). The lowest BCUT2D eigenvalue weighted by atomic mass is 9.74. The molecule has 1 amide bonds. The quantitative estimate of drug-likeness (QED) is 0.141. The number of aldehydes is 1. The number of tetrazole rings is 1. The van der Waals surface area contributed by atoms with Crippen LogP contribution in [-0.4, -0.2) is 46.0 Å². The number of carbonyl (C=O) groups excluding carboxylic acids is 2. The number of hydrogen-bond acceptors (Lipinski definition) is 7. The monoisotopic (exact) mass is 662 g/mol. The SMILES string of the molecule is COc1ccc(-c2ccc(C(Nc3ccc(-c4nn[nH]n4)cc3)[C@@H](C=O)NC(=O)C3CCC(CC(C)(C)C)CC3)cc2)c(C(F)(F)F)c1. The van der Waals surface area contributed by atoms with Gasteiger partial charge in [-0.15, -0.1) is 10.2 Å². The largest absolute Gasteiger partial charge is 0.497 e. The maximum absolute atomic E-state index is 14.0. The zero-order valence-corrected chi connectivity index (χ0v) is 27.5. The van der Waals surface area contributed by atoms with Gasteiger partial charge in [0.2, 0.25) is 11.7 Å². The molecule has 1 heterocycles. The van der Waals surface area contributed by atoms with Crippen molar-refractivity contribution >= 4 is 17.9 Å². The average Bonchev–Trinajstić information content (AvgIpc) is 3.61. The van der Waals surface area contributed by atoms with E-state index >= 15 is 0 Å². The van der Waals surface area contributed by atoms with Crippen LogP contribution in [0.4, 0.5) is 18.9 Å². The minimum Gasteiger partial charge on any atom is -0.497 e. The van der Waals surface area contributed by atoms with Crippen LogP contribution in [0.15, 0.2) is 66.7 Å². The highest BCUT2D eigenvalue weighted by atomic mass is 19.4. The zero-order chi connectivity index (χ0) is 34.5. The van der Waals surface area contributed by atoms with Crippen LogP contribution < -0.4 is 15.4 Å². The second-order valence-electron chi connectivity index (χ2n) is 13.6. The van der Waals surface area contributed by atoms with Gasteiger partial charge in [-0.2, -0.15) is 18.4 Å². The van der Waals surface area contributed by atoms with E-state index in [1.165, 1.54) is 19.2 Å². The molecule has 0 radical (unpaired) electrons. The first-order chi connectivity index (χ1) is 22.8. The van der Waals surface area contributed by atoms with Crippen LogP contribution in [0.3, 0.4) is 0 Å². The van der Waals surface area contributed by atoms with Gasteiger partial charge >= 0.3 is 6.18 Å². The van der Waals surface area contributed by atoms with Gasteiger partial charge in [0.05, 0.1) is 18.7 Å². The molecule has 3 aromatic carbocycles. The Hall–Kier alpha value is -4.74. The molecule has 3 N–H and O–H groups in total. The highest BCUT2D eigenvalue weighted by Gasteiger charge is 2.35. The summed E-state index contributed by atoms with van der Waals surface area (Å²) in [6, 6.07) is 15.8. The van der Waals surface area contributed by atoms with E-state index in [0.717, 1.165) is 43.7 Å². The smallest absolute Gasteiger partial charge is 0.417 e. The molecule has 0 saturated heterocycles. The van der Waals surface area contributed by atoms with Crippen molar-refractivity contribution in [2.45, 2.75) is 71.1 Å². The van der Waals surface area contributed by atoms with Crippen molar-refractivity contribution in [2.75, 3.05) is 12.4 Å². The van der Waals surface area contributed by atoms with Crippen molar-refractivity contribution in [1.29, 1.82) is 0 Å². The minimum atomic E-state index is -4.60. The summed E-state index contributed by atoms with van der Waals surface area (Å²) in [6.45, 7) is 6.68. The Morgan fingerprint density at radius 3 is 2.21 bits per heavy atom. The predicted molar refractivity (Wildman–Crippen MR) is 177 cm³/mol. The molecule has 2 atom stereocenters. The Morgan fingerprint density at radius 2 is 1.65 bits per heavy atom. The number of hydrogen-bond donors (Lipinski definition) is 3. The number of rotatable bonds is 11. The highest BCUT2D eigenvalue weighted by Crippen LogP contribution is 2.40. The lowest BCUT2D eigenvalue weighted by Crippen LogP contribution is -2.46. The van der Waals surface area contributed by atoms with Gasteiger partial charge in [0, 0.05) is 17.2 Å². The molecular formula is C36H41F3N6O3. The van der Waals surface area contributed by atoms with Crippen molar-refractivity contribution in [3.63, 3.8) is 0 Å². The van der Waals surface area contributed by atoms with Gasteiger partial charge in [0.1, 0.15) is 18.1 Å². The number of ether oxygens (including phenoxy) is 1. The van der Waals surface area contributed by atoms with Crippen molar-refractivity contribution in [1.82, 2.24) is 25.9 Å². The third-order valence-electron chi connectivity index (χ3n) is 8.86. The molecule has 0 bridgehead atoms. The number of halogens is 3. The maximum atomic E-state index is 14.0. The minimum absolute atomic E-state index is 0.00119. The molecule has 12 heteroatoms. The molecular weight excluding hydrogens is 621 g/mol. The number of H-pyrrole nitrogens is 1. The lowest BCUT2D eigenvalue weighted by molar-refractivity contribution is -0.137. The number of aromatic amines is 1. The summed E-state index contributed by atoms with van der Waals surface area (Å²) < 4.78 is 47.0. The molecule has 9 nitrogen and oxygen atoms in total. The first kappa shape index (κ1) is 34.6. The Balaban J connectivity index is 1.40. The third-order valence-corrected chi connectivity index (χ3v) is 8.86. The highest BCUT2D eigenvalue weighted by molar-refractivity contribution is 5.82. The first-order valence-corrected chi connectivity index (χ1v) is 16.1. The Labute approximate surface area is 278 Å². The van der Waals surface area contributed by atoms with Crippen LogP contribution in [0.1, 0.15) is 70.0 Å². The standard InChI is InChI=1S/C36H41F3N6O3/c1-35(2,3)20-22-5-7-26(8-6-22)34(47)41-31(21-46)32(40-27-15-13-25(14-16-27)33-42-44-45-43-33)24-11-9-23(10-12-24)29-18-17-28(48-4)19-30(29)36(37,38)39/h9-19,21-22,26,31-32,40H,5-8,20H2,1-4H3,(H,41,47)(H,42,43,44,45)/t22?,26?,31-,32?/m1/s1. The van der Waals surface area contributed by atoms with Crippen LogP contribution in [0.5, 0.6) is 5.75 Å². The van der Waals surface area contributed by atoms with Crippen molar-refractivity contribution in [3.8, 4) is 28.3 Å². The fourth-order valence-corrected chi connectivity index (χ4v) is 6.54. The van der Waals surface area contributed by atoms with Crippen molar-refractivity contribution < 1.29 is 27.5 Å². The van der Waals surface area contributed by atoms with E-state index in [1.54, 1.807) is 48.5 Å². The Kier molecular flexibility index (Phi) is 10.5. The van der Waals surface area contributed by atoms with E-state index in [9.17, 15) is 22.8 Å². The Morgan fingerprint density at radius 1 is 0.979 bits per heavy atom. The van der Waals surface area contributed by atoms with E-state index in [-0.39, 0.29) is 28.6 Å². The summed E-state index contributed by atoms with van der Waals surface area (Å²) in [5.41, 5.74) is 1.72. The van der Waals surface area contributed by atoms with Crippen LogP contribution >= 0.6 is 0 Å². The van der Waals surface area contributed by atoms with E-state index in [4.69, 9.17) is 4.74 Å². The van der Waals surface area contributed by atoms with Gasteiger partial charge in [-0.1, -0.05) is 51.1 Å². The number of aromatic nitrogens is 4. The summed E-state index contributed by atoms with van der Waals surface area (Å²) in [6.07, 6.45) is 0.641. The molecule has 1 aliphatic rings. The summed E-state index contributed by atoms with van der Waals surface area (Å²) in [7, 11) is 1.32. The first-order valence-electron chi connectivity index (χ1n) is 16.1. The summed E-state index contributed by atoms with van der Waals surface area (Å²) >= 11 is 0. The molecule has 0 spiro atoms. The molecule has 1 fully saturated rings. The third kappa shape index (κ3) is 8.59. The van der Waals surface area contributed by atoms with Crippen molar-refractivity contribution in [2.24, 2.45) is 17.3 Å². The van der Waals surface area contributed by atoms with E-state index < -0.39 is 23.8 Å². The number of nitrogens with one attached hydrogen (secondary N) is 3. The molecule has 1 aromatic heterocycles. The summed E-state index contributed by atoms with van der Waals surface area (Å²) in [5, 5.41) is 20.3. The molecule has 48 heavy (non-hydrogen) atoms. The van der Waals surface area contributed by atoms with E-state index in [0.29, 0.717) is 34.8 Å². The zero-order valence-electron chi connectivity index (χ0n) is 27.5. The molecule has 1 aliphatic carbocycles. The summed E-state index contributed by atoms with van der Waals surface area (Å²) in [4.78, 5) is 26.1. The molecule has 0 aliphatic heterocycles. The van der Waals surface area contributed by atoms with Crippen LogP contribution in [0.25, 0.3) is 22.5 Å². The fourth-order valence-electron chi connectivity index (χ4n) is 6.54. The summed E-state index contributed by atoms with van der Waals surface area (Å²) in [5.74, 6) is 0.718. The topological polar surface area (TPSA) is 122 Å². The van der Waals surface area contributed by atoms with Gasteiger partial charge in [0.15, 0.2) is 0 Å². The molecule has 4 aromatic rings. The van der Waals surface area contributed by atoms with Gasteiger partial charge in [-0.25, -0.2) is 0 Å². The maximum Gasteiger partial charge on any atom is 0.417 e. The molecule has 254 valence electrons.